The molecule has 0 aliphatic carbocycles. The maximum absolute atomic E-state index is 13.2. The van der Waals surface area contributed by atoms with E-state index in [1.54, 1.807) is 85.5 Å². The van der Waals surface area contributed by atoms with Gasteiger partial charge in [-0.05, 0) is 79.2 Å². The van der Waals surface area contributed by atoms with Crippen molar-refractivity contribution in [3.8, 4) is 17.3 Å². The Hall–Kier alpha value is -6.95. The number of nitrogen functional groups attached to an aromatic ring is 1. The van der Waals surface area contributed by atoms with Crippen LogP contribution in [0.15, 0.2) is 126 Å². The normalized spacial score (nSPS) is 10.9. The van der Waals surface area contributed by atoms with Gasteiger partial charge in [0, 0.05) is 36.8 Å². The van der Waals surface area contributed by atoms with Gasteiger partial charge in [-0.15, -0.1) is 0 Å². The topological polar surface area (TPSA) is 158 Å². The first-order valence-corrected chi connectivity index (χ1v) is 15.2. The van der Waals surface area contributed by atoms with Gasteiger partial charge in [0.1, 0.15) is 11.3 Å². The Morgan fingerprint density at radius 2 is 1.53 bits per heavy atom. The van der Waals surface area contributed by atoms with Crippen molar-refractivity contribution in [2.45, 2.75) is 6.92 Å². The van der Waals surface area contributed by atoms with Crippen LogP contribution in [-0.4, -0.2) is 31.1 Å². The van der Waals surface area contributed by atoms with Crippen molar-refractivity contribution in [3.63, 3.8) is 0 Å². The zero-order chi connectivity index (χ0) is 34.3. The van der Waals surface area contributed by atoms with Crippen molar-refractivity contribution in [1.82, 2.24) is 19.3 Å². The zero-order valence-corrected chi connectivity index (χ0v) is 26.6. The second kappa shape index (κ2) is 14.2. The number of carbonyl (C=O) groups excluding carboxylic acids is 2. The number of benzene rings is 4. The maximum Gasteiger partial charge on any atom is 0.284 e. The molecule has 0 bridgehead atoms. The van der Waals surface area contributed by atoms with Crippen LogP contribution in [-0.2, 0) is 11.8 Å². The van der Waals surface area contributed by atoms with Gasteiger partial charge >= 0.3 is 0 Å². The van der Waals surface area contributed by atoms with E-state index in [1.807, 2.05) is 54.6 Å². The lowest BCUT2D eigenvalue weighted by atomic mass is 10.2. The minimum absolute atomic E-state index is 0.0658. The number of hydrogen-bond acceptors (Lipinski definition) is 8. The Morgan fingerprint density at radius 3 is 2.27 bits per heavy atom. The second-order valence-electron chi connectivity index (χ2n) is 10.9. The summed E-state index contributed by atoms with van der Waals surface area (Å²) in [6.07, 6.45) is 4.70. The molecule has 0 atom stereocenters. The maximum atomic E-state index is 13.2. The molecule has 2 heterocycles. The SMILES string of the molecule is Cc1c(C(=O)Nc2ccc(Oc3ccnc(Nc4ccc(/C=C/C(=O)Nc5ccccc5N)cc4)n3)cc2)c(=O)n(-c2ccccc2)n1C. The average molecular weight is 653 g/mol. The van der Waals surface area contributed by atoms with Gasteiger partial charge < -0.3 is 26.4 Å². The van der Waals surface area contributed by atoms with E-state index in [0.29, 0.717) is 46.0 Å². The van der Waals surface area contributed by atoms with Crippen molar-refractivity contribution in [2.24, 2.45) is 7.05 Å². The van der Waals surface area contributed by atoms with Crippen LogP contribution >= 0.6 is 0 Å². The van der Waals surface area contributed by atoms with Gasteiger partial charge in [-0.3, -0.25) is 19.1 Å². The molecule has 12 heteroatoms. The summed E-state index contributed by atoms with van der Waals surface area (Å²) in [4.78, 5) is 47.3. The number of nitrogens with one attached hydrogen (secondary N) is 3. The van der Waals surface area contributed by atoms with E-state index in [1.165, 1.54) is 10.8 Å². The van der Waals surface area contributed by atoms with Gasteiger partial charge in [0.2, 0.25) is 17.7 Å². The number of rotatable bonds is 10. The summed E-state index contributed by atoms with van der Waals surface area (Å²) in [5.74, 6) is 0.321. The fourth-order valence-electron chi connectivity index (χ4n) is 4.97. The van der Waals surface area contributed by atoms with Crippen molar-refractivity contribution in [3.05, 3.63) is 149 Å². The number of nitrogens with two attached hydrogens (primary N) is 1. The number of amides is 2. The third kappa shape index (κ3) is 7.55. The first-order chi connectivity index (χ1) is 23.7. The lowest BCUT2D eigenvalue weighted by molar-refractivity contribution is -0.111. The molecule has 6 rings (SSSR count). The van der Waals surface area contributed by atoms with Gasteiger partial charge in [0.05, 0.1) is 22.8 Å². The van der Waals surface area contributed by atoms with E-state index in [4.69, 9.17) is 10.5 Å². The van der Waals surface area contributed by atoms with Crippen LogP contribution in [0.3, 0.4) is 0 Å². The number of nitrogens with zero attached hydrogens (tertiary/aromatic N) is 4. The molecule has 0 radical (unpaired) electrons. The van der Waals surface area contributed by atoms with Crippen LogP contribution in [0.1, 0.15) is 21.6 Å². The Labute approximate surface area is 281 Å². The van der Waals surface area contributed by atoms with Crippen LogP contribution in [0.2, 0.25) is 0 Å². The molecule has 5 N–H and O–H groups in total. The summed E-state index contributed by atoms with van der Waals surface area (Å²) >= 11 is 0. The Balaban J connectivity index is 1.05. The Morgan fingerprint density at radius 1 is 0.837 bits per heavy atom. The Bertz CT molecular complexity index is 2210. The molecular weight excluding hydrogens is 620 g/mol. The molecular formula is C37H32N8O4. The highest BCUT2D eigenvalue weighted by atomic mass is 16.5. The van der Waals surface area contributed by atoms with Crippen LogP contribution < -0.4 is 32.0 Å². The molecule has 0 saturated carbocycles. The fraction of sp³-hybridized carbons (Fsp3) is 0.0541. The van der Waals surface area contributed by atoms with Gasteiger partial charge in [-0.2, -0.15) is 4.98 Å². The molecule has 0 spiro atoms. The molecule has 4 aromatic carbocycles. The van der Waals surface area contributed by atoms with Crippen LogP contribution in [0.4, 0.5) is 28.7 Å². The molecule has 6 aromatic rings. The highest BCUT2D eigenvalue weighted by Crippen LogP contribution is 2.24. The smallest absolute Gasteiger partial charge is 0.284 e. The lowest BCUT2D eigenvalue weighted by Gasteiger charge is -2.09. The summed E-state index contributed by atoms with van der Waals surface area (Å²) in [6, 6.07) is 31.9. The first kappa shape index (κ1) is 32.0. The van der Waals surface area contributed by atoms with E-state index in [0.717, 1.165) is 11.3 Å². The number of carbonyl (C=O) groups is 2. The number of hydrogen-bond donors (Lipinski definition) is 4. The van der Waals surface area contributed by atoms with Crippen molar-refractivity contribution < 1.29 is 14.3 Å². The molecule has 0 fully saturated rings. The number of ether oxygens (including phenoxy) is 1. The minimum atomic E-state index is -0.504. The predicted molar refractivity (Wildman–Crippen MR) is 190 cm³/mol. The molecule has 0 aliphatic heterocycles. The van der Waals surface area contributed by atoms with Crippen LogP contribution in [0.5, 0.6) is 11.6 Å². The van der Waals surface area contributed by atoms with E-state index in [2.05, 4.69) is 25.9 Å². The third-order valence-electron chi connectivity index (χ3n) is 7.56. The van der Waals surface area contributed by atoms with Crippen LogP contribution in [0.25, 0.3) is 11.8 Å². The largest absolute Gasteiger partial charge is 0.439 e. The van der Waals surface area contributed by atoms with Gasteiger partial charge in [-0.25, -0.2) is 9.67 Å². The van der Waals surface area contributed by atoms with Gasteiger partial charge in [0.15, 0.2) is 0 Å². The summed E-state index contributed by atoms with van der Waals surface area (Å²) in [7, 11) is 1.74. The summed E-state index contributed by atoms with van der Waals surface area (Å²) < 4.78 is 9.04. The van der Waals surface area contributed by atoms with E-state index in [-0.39, 0.29) is 11.5 Å². The zero-order valence-electron chi connectivity index (χ0n) is 26.6. The van der Waals surface area contributed by atoms with E-state index in [9.17, 15) is 14.4 Å². The van der Waals surface area contributed by atoms with E-state index >= 15 is 0 Å². The molecule has 2 aromatic heterocycles. The van der Waals surface area contributed by atoms with Gasteiger partial charge in [0.25, 0.3) is 11.5 Å². The summed E-state index contributed by atoms with van der Waals surface area (Å²) in [5, 5.41) is 8.69. The van der Waals surface area contributed by atoms with Gasteiger partial charge in [-0.1, -0.05) is 42.5 Å². The minimum Gasteiger partial charge on any atom is -0.439 e. The van der Waals surface area contributed by atoms with Crippen molar-refractivity contribution >= 4 is 46.6 Å². The van der Waals surface area contributed by atoms with Crippen molar-refractivity contribution in [2.75, 3.05) is 21.7 Å². The molecule has 0 saturated heterocycles. The Kier molecular flexibility index (Phi) is 9.29. The van der Waals surface area contributed by atoms with E-state index < -0.39 is 11.5 Å². The second-order valence-corrected chi connectivity index (χ2v) is 10.9. The molecule has 49 heavy (non-hydrogen) atoms. The molecule has 0 aliphatic rings. The quantitative estimate of drug-likeness (QED) is 0.0992. The standard InChI is InChI=1S/C37H32N8O4/c1-24-34(36(48)45(44(24)2)28-8-4-3-5-9-28)35(47)40-26-17-19-29(20-18-26)49-33-22-23-39-37(43-33)41-27-15-12-25(13-16-27)14-21-32(46)42-31-11-7-6-10-30(31)38/h3-23H,38H2,1-2H3,(H,40,47)(H,42,46)(H,39,41,43)/b21-14+. The number of aromatic nitrogens is 4. The number of anilines is 5. The molecule has 244 valence electrons. The van der Waals surface area contributed by atoms with Crippen LogP contribution in [0, 0.1) is 6.92 Å². The fourth-order valence-corrected chi connectivity index (χ4v) is 4.97. The molecule has 0 unspecified atom stereocenters. The highest BCUT2D eigenvalue weighted by Gasteiger charge is 2.22. The third-order valence-corrected chi connectivity index (χ3v) is 7.56. The molecule has 2 amide bonds. The first-order valence-electron chi connectivity index (χ1n) is 15.2. The number of para-hydroxylation sites is 3. The molecule has 12 nitrogen and oxygen atoms in total. The monoisotopic (exact) mass is 652 g/mol. The summed E-state index contributed by atoms with van der Waals surface area (Å²) in [6.45, 7) is 1.73. The lowest BCUT2D eigenvalue weighted by Crippen LogP contribution is -2.25. The highest BCUT2D eigenvalue weighted by molar-refractivity contribution is 6.05. The summed E-state index contributed by atoms with van der Waals surface area (Å²) in [5.41, 5.74) is 9.86. The average Bonchev–Trinajstić information content (AvgIpc) is 3.33. The predicted octanol–water partition coefficient (Wildman–Crippen LogP) is 6.30. The van der Waals surface area contributed by atoms with Crippen molar-refractivity contribution in [1.29, 1.82) is 0 Å².